The van der Waals surface area contributed by atoms with Crippen LogP contribution in [-0.4, -0.2) is 24.5 Å². The third-order valence-electron chi connectivity index (χ3n) is 3.28. The molecule has 1 heterocycles. The molecule has 2 N–H and O–H groups in total. The SMILES string of the molecule is O=C(NNC(=O)C1COc2ccccc2O1)c1ccc(I)c(F)c1. The Morgan fingerprint density at radius 2 is 1.88 bits per heavy atom. The summed E-state index contributed by atoms with van der Waals surface area (Å²) in [5.41, 5.74) is 4.57. The van der Waals surface area contributed by atoms with Crippen LogP contribution in [-0.2, 0) is 4.79 Å². The maximum absolute atomic E-state index is 13.5. The van der Waals surface area contributed by atoms with Gasteiger partial charge in [-0.25, -0.2) is 4.39 Å². The number of carbonyl (C=O) groups is 2. The van der Waals surface area contributed by atoms with E-state index in [-0.39, 0.29) is 12.2 Å². The molecule has 2 aromatic rings. The quantitative estimate of drug-likeness (QED) is 0.552. The predicted molar refractivity (Wildman–Crippen MR) is 91.1 cm³/mol. The number of amides is 2. The first kappa shape index (κ1) is 16.5. The Bertz CT molecular complexity index is 799. The zero-order chi connectivity index (χ0) is 17.1. The standard InChI is InChI=1S/C16H12FIN2O4/c17-10-7-9(5-6-11(10)18)15(21)19-20-16(22)14-8-23-12-3-1-2-4-13(12)24-14/h1-7,14H,8H2,(H,19,21)(H,20,22). The van der Waals surface area contributed by atoms with E-state index < -0.39 is 23.7 Å². The molecule has 1 aliphatic heterocycles. The summed E-state index contributed by atoms with van der Waals surface area (Å²) < 4.78 is 24.8. The lowest BCUT2D eigenvalue weighted by atomic mass is 10.2. The molecule has 0 aromatic heterocycles. The summed E-state index contributed by atoms with van der Waals surface area (Å²) in [5, 5.41) is 0. The van der Waals surface area contributed by atoms with Crippen molar-refractivity contribution in [3.8, 4) is 11.5 Å². The normalized spacial score (nSPS) is 15.5. The highest BCUT2D eigenvalue weighted by molar-refractivity contribution is 14.1. The van der Waals surface area contributed by atoms with Crippen molar-refractivity contribution in [3.05, 3.63) is 57.4 Å². The fourth-order valence-corrected chi connectivity index (χ4v) is 2.39. The van der Waals surface area contributed by atoms with Crippen LogP contribution in [0.4, 0.5) is 4.39 Å². The molecule has 6 nitrogen and oxygen atoms in total. The van der Waals surface area contributed by atoms with Crippen molar-refractivity contribution in [3.63, 3.8) is 0 Å². The molecular weight excluding hydrogens is 430 g/mol. The second kappa shape index (κ2) is 7.04. The first-order valence-electron chi connectivity index (χ1n) is 6.98. The van der Waals surface area contributed by atoms with Gasteiger partial charge in [-0.1, -0.05) is 12.1 Å². The third-order valence-corrected chi connectivity index (χ3v) is 4.16. The molecule has 0 saturated carbocycles. The van der Waals surface area contributed by atoms with Crippen molar-refractivity contribution in [2.75, 3.05) is 6.61 Å². The summed E-state index contributed by atoms with van der Waals surface area (Å²) >= 11 is 1.82. The van der Waals surface area contributed by atoms with Crippen LogP contribution in [0.25, 0.3) is 0 Å². The van der Waals surface area contributed by atoms with Gasteiger partial charge < -0.3 is 9.47 Å². The van der Waals surface area contributed by atoms with E-state index in [9.17, 15) is 14.0 Å². The number of hydrazine groups is 1. The summed E-state index contributed by atoms with van der Waals surface area (Å²) in [6, 6.07) is 11.0. The van der Waals surface area contributed by atoms with Gasteiger partial charge >= 0.3 is 0 Å². The van der Waals surface area contributed by atoms with Gasteiger partial charge in [0.15, 0.2) is 11.5 Å². The Morgan fingerprint density at radius 3 is 2.62 bits per heavy atom. The van der Waals surface area contributed by atoms with Crippen molar-refractivity contribution >= 4 is 34.4 Å². The van der Waals surface area contributed by atoms with Gasteiger partial charge in [0.1, 0.15) is 12.4 Å². The second-order valence-corrected chi connectivity index (χ2v) is 6.10. The largest absolute Gasteiger partial charge is 0.485 e. The highest BCUT2D eigenvalue weighted by Gasteiger charge is 2.27. The number of halogens is 2. The second-order valence-electron chi connectivity index (χ2n) is 4.94. The highest BCUT2D eigenvalue weighted by atomic mass is 127. The molecule has 24 heavy (non-hydrogen) atoms. The minimum absolute atomic E-state index is 0.0247. The number of benzene rings is 2. The summed E-state index contributed by atoms with van der Waals surface area (Å²) in [5.74, 6) is -0.690. The topological polar surface area (TPSA) is 76.7 Å². The molecule has 0 fully saturated rings. The summed E-state index contributed by atoms with van der Waals surface area (Å²) in [6.45, 7) is 0.0247. The fraction of sp³-hybridized carbons (Fsp3) is 0.125. The van der Waals surface area contributed by atoms with Crippen LogP contribution in [0.5, 0.6) is 11.5 Å². The fourth-order valence-electron chi connectivity index (χ4n) is 2.06. The summed E-state index contributed by atoms with van der Waals surface area (Å²) in [7, 11) is 0. The number of hydrogen-bond donors (Lipinski definition) is 2. The Labute approximate surface area is 150 Å². The van der Waals surface area contributed by atoms with Gasteiger partial charge in [0.2, 0.25) is 6.10 Å². The smallest absolute Gasteiger partial charge is 0.283 e. The first-order chi connectivity index (χ1) is 11.5. The number of carbonyl (C=O) groups excluding carboxylic acids is 2. The van der Waals surface area contributed by atoms with Crippen LogP contribution in [0.3, 0.4) is 0 Å². The molecule has 0 saturated heterocycles. The zero-order valence-corrected chi connectivity index (χ0v) is 14.4. The molecule has 2 amide bonds. The predicted octanol–water partition coefficient (Wildman–Crippen LogP) is 2.03. The van der Waals surface area contributed by atoms with Crippen molar-refractivity contribution < 1.29 is 23.5 Å². The molecule has 3 rings (SSSR count). The lowest BCUT2D eigenvalue weighted by molar-refractivity contribution is -0.131. The lowest BCUT2D eigenvalue weighted by Gasteiger charge is -2.25. The number of fused-ring (bicyclic) bond motifs is 1. The van der Waals surface area contributed by atoms with E-state index in [1.165, 1.54) is 12.1 Å². The number of hydrogen-bond acceptors (Lipinski definition) is 4. The van der Waals surface area contributed by atoms with Gasteiger partial charge in [-0.05, 0) is 52.9 Å². The van der Waals surface area contributed by atoms with Crippen molar-refractivity contribution in [1.29, 1.82) is 0 Å². The molecule has 1 aliphatic rings. The molecule has 124 valence electrons. The monoisotopic (exact) mass is 442 g/mol. The van der Waals surface area contributed by atoms with Gasteiger partial charge in [-0.2, -0.15) is 0 Å². The van der Waals surface area contributed by atoms with Gasteiger partial charge in [0, 0.05) is 9.13 Å². The molecule has 0 radical (unpaired) electrons. The van der Waals surface area contributed by atoms with E-state index in [0.717, 1.165) is 6.07 Å². The molecule has 0 spiro atoms. The zero-order valence-electron chi connectivity index (χ0n) is 12.2. The van der Waals surface area contributed by atoms with Crippen LogP contribution in [0.2, 0.25) is 0 Å². The van der Waals surface area contributed by atoms with Crippen molar-refractivity contribution in [2.24, 2.45) is 0 Å². The van der Waals surface area contributed by atoms with E-state index in [1.807, 2.05) is 22.6 Å². The van der Waals surface area contributed by atoms with E-state index in [2.05, 4.69) is 10.9 Å². The third kappa shape index (κ3) is 3.58. The molecule has 0 aliphatic carbocycles. The Hall–Kier alpha value is -2.36. The van der Waals surface area contributed by atoms with Gasteiger partial charge in [0.05, 0.1) is 0 Å². The molecule has 1 atom stereocenters. The van der Waals surface area contributed by atoms with Crippen molar-refractivity contribution in [2.45, 2.75) is 6.10 Å². The van der Waals surface area contributed by atoms with E-state index in [4.69, 9.17) is 9.47 Å². The molecule has 0 bridgehead atoms. The maximum atomic E-state index is 13.5. The average molecular weight is 442 g/mol. The van der Waals surface area contributed by atoms with Crippen LogP contribution in [0, 0.1) is 9.39 Å². The molecule has 8 heteroatoms. The number of para-hydroxylation sites is 2. The van der Waals surface area contributed by atoms with Crippen LogP contribution in [0.15, 0.2) is 42.5 Å². The Balaban J connectivity index is 1.58. The van der Waals surface area contributed by atoms with Gasteiger partial charge in [-0.15, -0.1) is 0 Å². The number of ether oxygens (including phenoxy) is 2. The van der Waals surface area contributed by atoms with Crippen LogP contribution >= 0.6 is 22.6 Å². The van der Waals surface area contributed by atoms with Crippen LogP contribution in [0.1, 0.15) is 10.4 Å². The van der Waals surface area contributed by atoms with E-state index in [0.29, 0.717) is 15.1 Å². The van der Waals surface area contributed by atoms with Crippen LogP contribution < -0.4 is 20.3 Å². The molecular formula is C16H12FIN2O4. The van der Waals surface area contributed by atoms with E-state index in [1.54, 1.807) is 24.3 Å². The maximum Gasteiger partial charge on any atom is 0.283 e. The minimum Gasteiger partial charge on any atom is -0.485 e. The number of nitrogens with one attached hydrogen (secondary N) is 2. The van der Waals surface area contributed by atoms with Gasteiger partial charge in [-0.3, -0.25) is 20.4 Å². The summed E-state index contributed by atoms with van der Waals surface area (Å²) in [6.07, 6.45) is -0.895. The lowest BCUT2D eigenvalue weighted by Crippen LogP contribution is -2.50. The first-order valence-corrected chi connectivity index (χ1v) is 8.06. The summed E-state index contributed by atoms with van der Waals surface area (Å²) in [4.78, 5) is 24.0. The highest BCUT2D eigenvalue weighted by Crippen LogP contribution is 2.30. The molecule has 2 aromatic carbocycles. The van der Waals surface area contributed by atoms with E-state index >= 15 is 0 Å². The Morgan fingerprint density at radius 1 is 1.12 bits per heavy atom. The Kier molecular flexibility index (Phi) is 4.84. The van der Waals surface area contributed by atoms with Gasteiger partial charge in [0.25, 0.3) is 11.8 Å². The van der Waals surface area contributed by atoms with Crippen molar-refractivity contribution in [1.82, 2.24) is 10.9 Å². The molecule has 1 unspecified atom stereocenters. The minimum atomic E-state index is -0.895. The number of rotatable bonds is 2. The average Bonchev–Trinajstić information content (AvgIpc) is 2.61.